The minimum atomic E-state index is -0.202. The molecule has 0 spiro atoms. The Bertz CT molecular complexity index is 837. The van der Waals surface area contributed by atoms with E-state index in [0.717, 1.165) is 23.0 Å². The van der Waals surface area contributed by atoms with Crippen molar-refractivity contribution in [2.75, 3.05) is 0 Å². The quantitative estimate of drug-likeness (QED) is 0.506. The number of hydrogen-bond donors (Lipinski definition) is 0. The van der Waals surface area contributed by atoms with Crippen molar-refractivity contribution >= 4 is 0 Å². The van der Waals surface area contributed by atoms with Gasteiger partial charge in [0, 0.05) is 11.4 Å². The van der Waals surface area contributed by atoms with Crippen LogP contribution in [-0.2, 0) is 0 Å². The van der Waals surface area contributed by atoms with Gasteiger partial charge in [-0.05, 0) is 73.2 Å². The van der Waals surface area contributed by atoms with Crippen LogP contribution in [0.3, 0.4) is 0 Å². The molecule has 0 N–H and O–H groups in total. The molecule has 0 unspecified atom stereocenters. The molecule has 0 amide bonds. The SMILES string of the molecule is Cc1ccc(-c2ccc(C3CCCCC3)cc2)n1-c1ccc(F)cc1. The van der Waals surface area contributed by atoms with Gasteiger partial charge in [0.2, 0.25) is 0 Å². The second kappa shape index (κ2) is 6.87. The lowest BCUT2D eigenvalue weighted by Crippen LogP contribution is -2.04. The summed E-state index contributed by atoms with van der Waals surface area (Å²) >= 11 is 0. The second-order valence-corrected chi connectivity index (χ2v) is 7.13. The highest BCUT2D eigenvalue weighted by molar-refractivity contribution is 5.64. The fourth-order valence-electron chi connectivity index (χ4n) is 4.06. The largest absolute Gasteiger partial charge is 0.314 e. The summed E-state index contributed by atoms with van der Waals surface area (Å²) in [6, 6.07) is 20.0. The normalized spacial score (nSPS) is 15.4. The molecule has 1 saturated carbocycles. The highest BCUT2D eigenvalue weighted by Gasteiger charge is 2.16. The lowest BCUT2D eigenvalue weighted by Gasteiger charge is -2.22. The molecule has 25 heavy (non-hydrogen) atoms. The Hall–Kier alpha value is -2.35. The first-order valence-corrected chi connectivity index (χ1v) is 9.27. The van der Waals surface area contributed by atoms with Crippen LogP contribution in [-0.4, -0.2) is 4.57 Å². The first-order chi connectivity index (χ1) is 12.2. The number of halogens is 1. The maximum absolute atomic E-state index is 13.3. The van der Waals surface area contributed by atoms with Crippen molar-refractivity contribution in [1.82, 2.24) is 4.57 Å². The number of nitrogens with zero attached hydrogens (tertiary/aromatic N) is 1. The molecule has 1 fully saturated rings. The Morgan fingerprint density at radius 3 is 2.16 bits per heavy atom. The summed E-state index contributed by atoms with van der Waals surface area (Å²) in [6.07, 6.45) is 6.76. The smallest absolute Gasteiger partial charge is 0.123 e. The van der Waals surface area contributed by atoms with Crippen LogP contribution in [0.4, 0.5) is 4.39 Å². The summed E-state index contributed by atoms with van der Waals surface area (Å²) in [5.74, 6) is 0.528. The van der Waals surface area contributed by atoms with Crippen molar-refractivity contribution in [2.24, 2.45) is 0 Å². The van der Waals surface area contributed by atoms with Gasteiger partial charge in [-0.3, -0.25) is 0 Å². The number of hydrogen-bond acceptors (Lipinski definition) is 0. The lowest BCUT2D eigenvalue weighted by molar-refractivity contribution is 0.443. The molecule has 2 heteroatoms. The van der Waals surface area contributed by atoms with Crippen LogP contribution in [0, 0.1) is 12.7 Å². The Kier molecular flexibility index (Phi) is 4.44. The highest BCUT2D eigenvalue weighted by atomic mass is 19.1. The molecule has 0 radical (unpaired) electrons. The summed E-state index contributed by atoms with van der Waals surface area (Å²) in [7, 11) is 0. The Labute approximate surface area is 149 Å². The highest BCUT2D eigenvalue weighted by Crippen LogP contribution is 2.34. The zero-order chi connectivity index (χ0) is 17.2. The van der Waals surface area contributed by atoms with Crippen LogP contribution in [0.15, 0.2) is 60.7 Å². The molecule has 2 aromatic carbocycles. The molecular formula is C23H24FN. The van der Waals surface area contributed by atoms with Crippen LogP contribution in [0.2, 0.25) is 0 Å². The molecule has 0 aliphatic heterocycles. The molecule has 1 aliphatic carbocycles. The van der Waals surface area contributed by atoms with E-state index in [1.165, 1.54) is 55.4 Å². The molecule has 1 heterocycles. The molecule has 0 bridgehead atoms. The van der Waals surface area contributed by atoms with Gasteiger partial charge < -0.3 is 4.57 Å². The van der Waals surface area contributed by atoms with Crippen LogP contribution in [0.1, 0.15) is 49.3 Å². The molecule has 128 valence electrons. The van der Waals surface area contributed by atoms with Crippen LogP contribution in [0.5, 0.6) is 0 Å². The Morgan fingerprint density at radius 2 is 1.48 bits per heavy atom. The van der Waals surface area contributed by atoms with Gasteiger partial charge >= 0.3 is 0 Å². The Morgan fingerprint density at radius 1 is 0.800 bits per heavy atom. The molecule has 1 aromatic heterocycles. The van der Waals surface area contributed by atoms with Gasteiger partial charge in [0.05, 0.1) is 5.69 Å². The van der Waals surface area contributed by atoms with E-state index in [9.17, 15) is 4.39 Å². The fraction of sp³-hybridized carbons (Fsp3) is 0.304. The van der Waals surface area contributed by atoms with E-state index in [2.05, 4.69) is 47.9 Å². The van der Waals surface area contributed by atoms with Crippen molar-refractivity contribution < 1.29 is 4.39 Å². The minimum absolute atomic E-state index is 0.202. The van der Waals surface area contributed by atoms with Crippen molar-refractivity contribution in [3.63, 3.8) is 0 Å². The first kappa shape index (κ1) is 16.1. The van der Waals surface area contributed by atoms with Gasteiger partial charge in [-0.25, -0.2) is 4.39 Å². The first-order valence-electron chi connectivity index (χ1n) is 9.27. The van der Waals surface area contributed by atoms with Crippen LogP contribution in [0.25, 0.3) is 16.9 Å². The number of rotatable bonds is 3. The third kappa shape index (κ3) is 3.26. The molecular weight excluding hydrogens is 309 g/mol. The van der Waals surface area contributed by atoms with E-state index in [4.69, 9.17) is 0 Å². The third-order valence-corrected chi connectivity index (χ3v) is 5.44. The Balaban J connectivity index is 1.67. The minimum Gasteiger partial charge on any atom is -0.314 e. The standard InChI is InChI=1S/C23H24FN/c1-17-7-16-23(25(17)22-14-12-21(24)13-15-22)20-10-8-19(9-11-20)18-5-3-2-4-6-18/h7-16,18H,2-6H2,1H3. The van der Waals surface area contributed by atoms with Crippen molar-refractivity contribution in [2.45, 2.75) is 44.9 Å². The summed E-state index contributed by atoms with van der Waals surface area (Å²) in [5.41, 5.74) is 5.98. The van der Waals surface area contributed by atoms with Gasteiger partial charge in [0.1, 0.15) is 5.82 Å². The lowest BCUT2D eigenvalue weighted by atomic mass is 9.84. The predicted molar refractivity (Wildman–Crippen MR) is 102 cm³/mol. The van der Waals surface area contributed by atoms with Gasteiger partial charge in [0.25, 0.3) is 0 Å². The van der Waals surface area contributed by atoms with Crippen LogP contribution < -0.4 is 0 Å². The maximum atomic E-state index is 13.3. The zero-order valence-corrected chi connectivity index (χ0v) is 14.7. The fourth-order valence-corrected chi connectivity index (χ4v) is 4.06. The van der Waals surface area contributed by atoms with Gasteiger partial charge in [-0.15, -0.1) is 0 Å². The van der Waals surface area contributed by atoms with E-state index < -0.39 is 0 Å². The average Bonchev–Trinajstić information content (AvgIpc) is 3.05. The van der Waals surface area contributed by atoms with Crippen molar-refractivity contribution in [3.05, 3.63) is 77.7 Å². The van der Waals surface area contributed by atoms with E-state index in [1.807, 2.05) is 12.1 Å². The molecule has 3 aromatic rings. The molecule has 0 saturated heterocycles. The van der Waals surface area contributed by atoms with Crippen molar-refractivity contribution in [3.8, 4) is 16.9 Å². The van der Waals surface area contributed by atoms with E-state index in [0.29, 0.717) is 0 Å². The molecule has 1 nitrogen and oxygen atoms in total. The topological polar surface area (TPSA) is 4.93 Å². The summed E-state index contributed by atoms with van der Waals surface area (Å²) in [5, 5.41) is 0. The monoisotopic (exact) mass is 333 g/mol. The molecule has 1 aliphatic rings. The summed E-state index contributed by atoms with van der Waals surface area (Å²) in [6.45, 7) is 2.09. The maximum Gasteiger partial charge on any atom is 0.123 e. The number of aromatic nitrogens is 1. The number of aryl methyl sites for hydroxylation is 1. The van der Waals surface area contributed by atoms with Gasteiger partial charge in [-0.2, -0.15) is 0 Å². The average molecular weight is 333 g/mol. The molecule has 0 atom stereocenters. The molecule has 4 rings (SSSR count). The van der Waals surface area contributed by atoms with Crippen molar-refractivity contribution in [1.29, 1.82) is 0 Å². The van der Waals surface area contributed by atoms with E-state index >= 15 is 0 Å². The second-order valence-electron chi connectivity index (χ2n) is 7.13. The summed E-state index contributed by atoms with van der Waals surface area (Å²) < 4.78 is 15.5. The summed E-state index contributed by atoms with van der Waals surface area (Å²) in [4.78, 5) is 0. The third-order valence-electron chi connectivity index (χ3n) is 5.44. The van der Waals surface area contributed by atoms with E-state index in [-0.39, 0.29) is 5.82 Å². The van der Waals surface area contributed by atoms with Gasteiger partial charge in [0.15, 0.2) is 0 Å². The van der Waals surface area contributed by atoms with Gasteiger partial charge in [-0.1, -0.05) is 43.5 Å². The van der Waals surface area contributed by atoms with E-state index in [1.54, 1.807) is 0 Å². The number of benzene rings is 2. The van der Waals surface area contributed by atoms with Crippen LogP contribution >= 0.6 is 0 Å². The predicted octanol–water partition coefficient (Wildman–Crippen LogP) is 6.64. The zero-order valence-electron chi connectivity index (χ0n) is 14.7.